The maximum absolute atomic E-state index is 5.29. The van der Waals surface area contributed by atoms with Crippen LogP contribution in [-0.2, 0) is 0 Å². The summed E-state index contributed by atoms with van der Waals surface area (Å²) in [6.45, 7) is 3.07. The van der Waals surface area contributed by atoms with E-state index in [1.54, 1.807) is 0 Å². The normalized spacial score (nSPS) is 10.7. The van der Waals surface area contributed by atoms with Gasteiger partial charge in [0.15, 0.2) is 5.11 Å². The second kappa shape index (κ2) is 7.24. The lowest BCUT2D eigenvalue weighted by Crippen LogP contribution is -2.29. The summed E-state index contributed by atoms with van der Waals surface area (Å²) in [6.07, 6.45) is 6.02. The van der Waals surface area contributed by atoms with Gasteiger partial charge < -0.3 is 15.6 Å². The SMILES string of the molecule is CCCCNC(=S)Nc1ccc(-c2ccnc3[nH]ccc23)cc1. The summed E-state index contributed by atoms with van der Waals surface area (Å²) in [6, 6.07) is 12.4. The molecule has 0 spiro atoms. The van der Waals surface area contributed by atoms with Crippen molar-refractivity contribution in [1.82, 2.24) is 15.3 Å². The van der Waals surface area contributed by atoms with Crippen LogP contribution >= 0.6 is 12.2 Å². The molecule has 0 radical (unpaired) electrons. The average Bonchev–Trinajstić information content (AvgIpc) is 3.04. The van der Waals surface area contributed by atoms with Gasteiger partial charge in [0.05, 0.1) is 0 Å². The van der Waals surface area contributed by atoms with Crippen LogP contribution in [0.2, 0.25) is 0 Å². The fourth-order valence-electron chi connectivity index (χ4n) is 2.50. The fourth-order valence-corrected chi connectivity index (χ4v) is 2.72. The lowest BCUT2D eigenvalue weighted by atomic mass is 10.0. The number of aromatic nitrogens is 2. The van der Waals surface area contributed by atoms with E-state index in [2.05, 4.69) is 45.7 Å². The molecule has 0 bridgehead atoms. The quantitative estimate of drug-likeness (QED) is 0.483. The Morgan fingerprint density at radius 3 is 2.78 bits per heavy atom. The Balaban J connectivity index is 1.72. The Kier molecular flexibility index (Phi) is 4.88. The Hall–Kier alpha value is -2.40. The monoisotopic (exact) mass is 324 g/mol. The summed E-state index contributed by atoms with van der Waals surface area (Å²) < 4.78 is 0. The molecule has 0 aliphatic rings. The number of nitrogens with zero attached hydrogens (tertiary/aromatic N) is 1. The van der Waals surface area contributed by atoms with Gasteiger partial charge in [0, 0.05) is 30.0 Å². The first kappa shape index (κ1) is 15.5. The van der Waals surface area contributed by atoms with Gasteiger partial charge in [0.25, 0.3) is 0 Å². The van der Waals surface area contributed by atoms with Crippen LogP contribution in [0.15, 0.2) is 48.8 Å². The average molecular weight is 324 g/mol. The molecule has 0 fully saturated rings. The number of pyridine rings is 1. The van der Waals surface area contributed by atoms with Gasteiger partial charge in [0.2, 0.25) is 0 Å². The van der Waals surface area contributed by atoms with Gasteiger partial charge in [-0.25, -0.2) is 4.98 Å². The minimum Gasteiger partial charge on any atom is -0.362 e. The van der Waals surface area contributed by atoms with Gasteiger partial charge in [-0.15, -0.1) is 0 Å². The van der Waals surface area contributed by atoms with Crippen LogP contribution in [0.1, 0.15) is 19.8 Å². The van der Waals surface area contributed by atoms with Crippen LogP contribution in [-0.4, -0.2) is 21.6 Å². The first-order chi connectivity index (χ1) is 11.3. The highest BCUT2D eigenvalue weighted by molar-refractivity contribution is 7.80. The van der Waals surface area contributed by atoms with E-state index >= 15 is 0 Å². The van der Waals surface area contributed by atoms with E-state index in [1.807, 2.05) is 30.6 Å². The van der Waals surface area contributed by atoms with Crippen LogP contribution in [0.25, 0.3) is 22.2 Å². The van der Waals surface area contributed by atoms with Crippen molar-refractivity contribution in [2.24, 2.45) is 0 Å². The van der Waals surface area contributed by atoms with Gasteiger partial charge in [0.1, 0.15) is 5.65 Å². The molecular weight excluding hydrogens is 304 g/mol. The molecule has 4 nitrogen and oxygen atoms in total. The van der Waals surface area contributed by atoms with Crippen molar-refractivity contribution in [3.8, 4) is 11.1 Å². The lowest BCUT2D eigenvalue weighted by molar-refractivity contribution is 0.758. The first-order valence-electron chi connectivity index (χ1n) is 7.85. The van der Waals surface area contributed by atoms with Crippen molar-refractivity contribution in [3.05, 3.63) is 48.8 Å². The molecule has 1 aromatic carbocycles. The number of H-pyrrole nitrogens is 1. The predicted molar refractivity (Wildman–Crippen MR) is 101 cm³/mol. The molecule has 118 valence electrons. The fraction of sp³-hybridized carbons (Fsp3) is 0.222. The molecule has 2 aromatic heterocycles. The number of anilines is 1. The Bertz CT molecular complexity index is 792. The van der Waals surface area contributed by atoms with Gasteiger partial charge in [-0.3, -0.25) is 0 Å². The number of aromatic amines is 1. The number of benzene rings is 1. The van der Waals surface area contributed by atoms with E-state index in [0.29, 0.717) is 5.11 Å². The topological polar surface area (TPSA) is 52.7 Å². The molecule has 3 aromatic rings. The highest BCUT2D eigenvalue weighted by Crippen LogP contribution is 2.27. The van der Waals surface area contributed by atoms with Crippen LogP contribution in [0, 0.1) is 0 Å². The molecule has 3 N–H and O–H groups in total. The third-order valence-electron chi connectivity index (χ3n) is 3.73. The molecule has 0 unspecified atom stereocenters. The van der Waals surface area contributed by atoms with Crippen LogP contribution in [0.5, 0.6) is 0 Å². The molecule has 23 heavy (non-hydrogen) atoms. The zero-order chi connectivity index (χ0) is 16.1. The molecule has 0 saturated carbocycles. The predicted octanol–water partition coefficient (Wildman–Crippen LogP) is 4.32. The minimum atomic E-state index is 0.670. The van der Waals surface area contributed by atoms with Gasteiger partial charge in [-0.05, 0) is 54.0 Å². The Morgan fingerprint density at radius 2 is 2.00 bits per heavy atom. The van der Waals surface area contributed by atoms with E-state index in [1.165, 1.54) is 5.56 Å². The molecule has 0 amide bonds. The van der Waals surface area contributed by atoms with Crippen molar-refractivity contribution in [3.63, 3.8) is 0 Å². The van der Waals surface area contributed by atoms with Crippen LogP contribution in [0.3, 0.4) is 0 Å². The smallest absolute Gasteiger partial charge is 0.170 e. The third kappa shape index (κ3) is 3.68. The van der Waals surface area contributed by atoms with Crippen molar-refractivity contribution in [2.75, 3.05) is 11.9 Å². The first-order valence-corrected chi connectivity index (χ1v) is 8.26. The van der Waals surface area contributed by atoms with E-state index < -0.39 is 0 Å². The summed E-state index contributed by atoms with van der Waals surface area (Å²) >= 11 is 5.29. The molecule has 0 aliphatic heterocycles. The molecule has 0 atom stereocenters. The summed E-state index contributed by atoms with van der Waals surface area (Å²) in [4.78, 5) is 7.47. The molecule has 3 rings (SSSR count). The molecule has 2 heterocycles. The molecule has 0 saturated heterocycles. The van der Waals surface area contributed by atoms with E-state index in [9.17, 15) is 0 Å². The standard InChI is InChI=1S/C18H20N4S/c1-2-3-10-21-18(23)22-14-6-4-13(5-7-14)15-8-11-19-17-16(15)9-12-20-17/h4-9,11-12H,2-3,10H2,1H3,(H,19,20)(H2,21,22,23). The number of unbranched alkanes of at least 4 members (excludes halogenated alkanes) is 1. The van der Waals surface area contributed by atoms with Gasteiger partial charge in [-0.2, -0.15) is 0 Å². The number of rotatable bonds is 5. The van der Waals surface area contributed by atoms with E-state index in [0.717, 1.165) is 41.7 Å². The summed E-state index contributed by atoms with van der Waals surface area (Å²) in [5.41, 5.74) is 4.23. The summed E-state index contributed by atoms with van der Waals surface area (Å²) in [5, 5.41) is 8.22. The highest BCUT2D eigenvalue weighted by atomic mass is 32.1. The Labute approximate surface area is 141 Å². The summed E-state index contributed by atoms with van der Waals surface area (Å²) in [5.74, 6) is 0. The second-order valence-corrected chi connectivity index (χ2v) is 5.82. The lowest BCUT2D eigenvalue weighted by Gasteiger charge is -2.11. The zero-order valence-corrected chi connectivity index (χ0v) is 13.9. The minimum absolute atomic E-state index is 0.670. The maximum atomic E-state index is 5.29. The maximum Gasteiger partial charge on any atom is 0.170 e. The number of hydrogen-bond acceptors (Lipinski definition) is 2. The number of fused-ring (bicyclic) bond motifs is 1. The number of thiocarbonyl (C=S) groups is 1. The van der Waals surface area contributed by atoms with Crippen molar-refractivity contribution in [2.45, 2.75) is 19.8 Å². The van der Waals surface area contributed by atoms with Crippen LogP contribution < -0.4 is 10.6 Å². The molecule has 0 aliphatic carbocycles. The summed E-state index contributed by atoms with van der Waals surface area (Å²) in [7, 11) is 0. The Morgan fingerprint density at radius 1 is 1.17 bits per heavy atom. The largest absolute Gasteiger partial charge is 0.362 e. The second-order valence-electron chi connectivity index (χ2n) is 5.41. The third-order valence-corrected chi connectivity index (χ3v) is 3.98. The van der Waals surface area contributed by atoms with E-state index in [4.69, 9.17) is 12.2 Å². The van der Waals surface area contributed by atoms with E-state index in [-0.39, 0.29) is 0 Å². The van der Waals surface area contributed by atoms with Crippen molar-refractivity contribution < 1.29 is 0 Å². The van der Waals surface area contributed by atoms with Crippen molar-refractivity contribution in [1.29, 1.82) is 0 Å². The van der Waals surface area contributed by atoms with Gasteiger partial charge in [-0.1, -0.05) is 25.5 Å². The number of hydrogen-bond donors (Lipinski definition) is 3. The number of nitrogens with one attached hydrogen (secondary N) is 3. The molecule has 5 heteroatoms. The van der Waals surface area contributed by atoms with Crippen molar-refractivity contribution >= 4 is 34.1 Å². The zero-order valence-electron chi connectivity index (χ0n) is 13.1. The van der Waals surface area contributed by atoms with Crippen LogP contribution in [0.4, 0.5) is 5.69 Å². The highest BCUT2D eigenvalue weighted by Gasteiger charge is 2.05. The van der Waals surface area contributed by atoms with Gasteiger partial charge >= 0.3 is 0 Å². The molecular formula is C18H20N4S.